The minimum Gasteiger partial charge on any atom is -0.490 e. The lowest BCUT2D eigenvalue weighted by Gasteiger charge is -2.09. The third-order valence-corrected chi connectivity index (χ3v) is 4.27. The molecule has 0 aromatic heterocycles. The number of carbonyl (C=O) groups is 2. The van der Waals surface area contributed by atoms with Crippen LogP contribution in [0.4, 0.5) is 4.39 Å². The Balaban J connectivity index is 1.44. The maximum Gasteiger partial charge on any atom is 0.220 e. The van der Waals surface area contributed by atoms with E-state index in [0.717, 1.165) is 12.0 Å². The van der Waals surface area contributed by atoms with Crippen molar-refractivity contribution in [1.29, 1.82) is 0 Å². The Hall–Kier alpha value is -2.89. The topological polar surface area (TPSA) is 64.6 Å². The first-order valence-corrected chi connectivity index (χ1v) is 9.06. The van der Waals surface area contributed by atoms with Gasteiger partial charge in [-0.2, -0.15) is 0 Å². The predicted octanol–water partition coefficient (Wildman–Crippen LogP) is 3.31. The number of ketones is 1. The summed E-state index contributed by atoms with van der Waals surface area (Å²) in [6, 6.07) is 11.4. The number of benzene rings is 2. The summed E-state index contributed by atoms with van der Waals surface area (Å²) in [4.78, 5) is 24.3. The van der Waals surface area contributed by atoms with Gasteiger partial charge >= 0.3 is 0 Å². The molecule has 27 heavy (non-hydrogen) atoms. The third kappa shape index (κ3) is 5.54. The summed E-state index contributed by atoms with van der Waals surface area (Å²) in [7, 11) is 0. The van der Waals surface area contributed by atoms with Crippen molar-refractivity contribution in [2.75, 3.05) is 19.8 Å². The molecule has 0 radical (unpaired) electrons. The summed E-state index contributed by atoms with van der Waals surface area (Å²) >= 11 is 0. The number of Topliss-reactive ketones (excluding diaryl/α,β-unsaturated/α-hetero) is 1. The lowest BCUT2D eigenvalue weighted by atomic mass is 10.1. The minimum absolute atomic E-state index is 0.108. The van der Waals surface area contributed by atoms with E-state index in [1.165, 1.54) is 12.1 Å². The van der Waals surface area contributed by atoms with Crippen molar-refractivity contribution >= 4 is 11.7 Å². The van der Waals surface area contributed by atoms with Crippen LogP contribution in [0.2, 0.25) is 0 Å². The highest BCUT2D eigenvalue weighted by molar-refractivity contribution is 5.98. The highest BCUT2D eigenvalue weighted by atomic mass is 19.1. The van der Waals surface area contributed by atoms with Gasteiger partial charge in [-0.05, 0) is 42.3 Å². The fourth-order valence-electron chi connectivity index (χ4n) is 2.84. The van der Waals surface area contributed by atoms with Gasteiger partial charge in [0.1, 0.15) is 5.82 Å². The molecule has 1 amide bonds. The Kier molecular flexibility index (Phi) is 6.41. The maximum atomic E-state index is 13.1. The molecule has 0 atom stereocenters. The van der Waals surface area contributed by atoms with Gasteiger partial charge in [0.05, 0.1) is 13.2 Å². The molecule has 1 aliphatic rings. The van der Waals surface area contributed by atoms with Gasteiger partial charge in [-0.1, -0.05) is 12.1 Å². The first kappa shape index (κ1) is 18.9. The van der Waals surface area contributed by atoms with Crippen molar-refractivity contribution in [2.45, 2.75) is 25.7 Å². The first-order chi connectivity index (χ1) is 13.1. The maximum absolute atomic E-state index is 13.1. The van der Waals surface area contributed by atoms with E-state index in [2.05, 4.69) is 5.32 Å². The van der Waals surface area contributed by atoms with E-state index in [0.29, 0.717) is 43.2 Å². The van der Waals surface area contributed by atoms with E-state index in [9.17, 15) is 14.0 Å². The molecular weight excluding hydrogens is 349 g/mol. The van der Waals surface area contributed by atoms with Gasteiger partial charge in [0.25, 0.3) is 0 Å². The van der Waals surface area contributed by atoms with Crippen molar-refractivity contribution in [1.82, 2.24) is 5.32 Å². The Morgan fingerprint density at radius 2 is 1.81 bits per heavy atom. The van der Waals surface area contributed by atoms with E-state index in [-0.39, 0.29) is 30.3 Å². The fourth-order valence-corrected chi connectivity index (χ4v) is 2.84. The number of halogens is 1. The fraction of sp³-hybridized carbons (Fsp3) is 0.333. The summed E-state index contributed by atoms with van der Waals surface area (Å²) in [6.07, 6.45) is 1.56. The van der Waals surface area contributed by atoms with Crippen molar-refractivity contribution in [3.05, 3.63) is 59.4 Å². The van der Waals surface area contributed by atoms with E-state index < -0.39 is 0 Å². The molecule has 0 spiro atoms. The Morgan fingerprint density at radius 1 is 1.00 bits per heavy atom. The average Bonchev–Trinajstić information content (AvgIpc) is 2.91. The summed E-state index contributed by atoms with van der Waals surface area (Å²) in [5, 5.41) is 2.76. The molecule has 3 rings (SSSR count). The number of carbonyl (C=O) groups excluding carboxylic acids is 2. The molecular formula is C21H22FNO4. The Labute approximate surface area is 157 Å². The lowest BCUT2D eigenvalue weighted by Crippen LogP contribution is -2.26. The van der Waals surface area contributed by atoms with Gasteiger partial charge in [-0.15, -0.1) is 0 Å². The zero-order valence-corrected chi connectivity index (χ0v) is 15.0. The first-order valence-electron chi connectivity index (χ1n) is 9.06. The highest BCUT2D eigenvalue weighted by Gasteiger charge is 2.15. The predicted molar refractivity (Wildman–Crippen MR) is 98.7 cm³/mol. The molecule has 0 fully saturated rings. The molecule has 0 saturated carbocycles. The molecule has 1 N–H and O–H groups in total. The Bertz CT molecular complexity index is 822. The third-order valence-electron chi connectivity index (χ3n) is 4.27. The molecule has 2 aromatic carbocycles. The standard InChI is InChI=1S/C21H22FNO4/c22-17-4-1-3-15(13-17)9-10-23-21(25)8-6-18(24)16-5-7-19-20(14-16)27-12-2-11-26-19/h1,3-5,7,13-14H,2,6,8-12H2,(H,23,25). The van der Waals surface area contributed by atoms with E-state index >= 15 is 0 Å². The largest absolute Gasteiger partial charge is 0.490 e. The zero-order chi connectivity index (χ0) is 19.1. The van der Waals surface area contributed by atoms with Gasteiger partial charge in [-0.25, -0.2) is 4.39 Å². The van der Waals surface area contributed by atoms with Gasteiger partial charge in [0.15, 0.2) is 17.3 Å². The van der Waals surface area contributed by atoms with Crippen LogP contribution < -0.4 is 14.8 Å². The second-order valence-corrected chi connectivity index (χ2v) is 6.37. The number of hydrogen-bond acceptors (Lipinski definition) is 4. The van der Waals surface area contributed by atoms with Gasteiger partial charge in [-0.3, -0.25) is 9.59 Å². The monoisotopic (exact) mass is 371 g/mol. The van der Waals surface area contributed by atoms with Crippen molar-refractivity contribution in [3.63, 3.8) is 0 Å². The second-order valence-electron chi connectivity index (χ2n) is 6.37. The quantitative estimate of drug-likeness (QED) is 0.759. The molecule has 0 aliphatic carbocycles. The Morgan fingerprint density at radius 3 is 2.63 bits per heavy atom. The van der Waals surface area contributed by atoms with Crippen LogP contribution in [-0.2, 0) is 11.2 Å². The van der Waals surface area contributed by atoms with Crippen LogP contribution >= 0.6 is 0 Å². The van der Waals surface area contributed by atoms with E-state index in [4.69, 9.17) is 9.47 Å². The van der Waals surface area contributed by atoms with Crippen LogP contribution in [0.5, 0.6) is 11.5 Å². The number of fused-ring (bicyclic) bond motifs is 1. The number of ether oxygens (including phenoxy) is 2. The lowest BCUT2D eigenvalue weighted by molar-refractivity contribution is -0.121. The second kappa shape index (κ2) is 9.16. The van der Waals surface area contributed by atoms with Crippen LogP contribution in [0, 0.1) is 5.82 Å². The van der Waals surface area contributed by atoms with Gasteiger partial charge in [0.2, 0.25) is 5.91 Å². The normalized spacial score (nSPS) is 12.9. The smallest absolute Gasteiger partial charge is 0.220 e. The highest BCUT2D eigenvalue weighted by Crippen LogP contribution is 2.30. The zero-order valence-electron chi connectivity index (χ0n) is 15.0. The summed E-state index contributed by atoms with van der Waals surface area (Å²) in [6.45, 7) is 1.55. The van der Waals surface area contributed by atoms with E-state index in [1.54, 1.807) is 24.3 Å². The molecule has 1 aliphatic heterocycles. The molecule has 1 heterocycles. The molecule has 0 bridgehead atoms. The van der Waals surface area contributed by atoms with Gasteiger partial charge < -0.3 is 14.8 Å². The summed E-state index contributed by atoms with van der Waals surface area (Å²) in [5.74, 6) is 0.594. The SMILES string of the molecule is O=C(CCC(=O)c1ccc2c(c1)OCCCO2)NCCc1cccc(F)c1. The summed E-state index contributed by atoms with van der Waals surface area (Å²) < 4.78 is 24.2. The molecule has 0 unspecified atom stereocenters. The number of rotatable bonds is 7. The van der Waals surface area contributed by atoms with Crippen LogP contribution in [0.25, 0.3) is 0 Å². The molecule has 142 valence electrons. The van der Waals surface area contributed by atoms with Gasteiger partial charge in [0, 0.05) is 31.4 Å². The molecule has 6 heteroatoms. The average molecular weight is 371 g/mol. The number of amides is 1. The van der Waals surface area contributed by atoms with Crippen LogP contribution in [0.15, 0.2) is 42.5 Å². The van der Waals surface area contributed by atoms with Crippen LogP contribution in [-0.4, -0.2) is 31.4 Å². The molecule has 5 nitrogen and oxygen atoms in total. The number of hydrogen-bond donors (Lipinski definition) is 1. The molecule has 0 saturated heterocycles. The van der Waals surface area contributed by atoms with Crippen LogP contribution in [0.3, 0.4) is 0 Å². The van der Waals surface area contributed by atoms with Crippen molar-refractivity contribution < 1.29 is 23.5 Å². The summed E-state index contributed by atoms with van der Waals surface area (Å²) in [5.41, 5.74) is 1.32. The van der Waals surface area contributed by atoms with E-state index in [1.807, 2.05) is 6.07 Å². The number of nitrogens with one attached hydrogen (secondary N) is 1. The molecule has 2 aromatic rings. The van der Waals surface area contributed by atoms with Crippen molar-refractivity contribution in [2.24, 2.45) is 0 Å². The minimum atomic E-state index is -0.292. The van der Waals surface area contributed by atoms with Crippen LogP contribution in [0.1, 0.15) is 35.2 Å². The van der Waals surface area contributed by atoms with Crippen molar-refractivity contribution in [3.8, 4) is 11.5 Å².